The fourth-order valence-corrected chi connectivity index (χ4v) is 3.44. The molecule has 0 aromatic carbocycles. The highest BCUT2D eigenvalue weighted by Gasteiger charge is 2.36. The first kappa shape index (κ1) is 14.2. The maximum Gasteiger partial charge on any atom is 0.320 e. The Labute approximate surface area is 114 Å². The van der Waals surface area contributed by atoms with Crippen molar-refractivity contribution in [3.05, 3.63) is 0 Å². The molecule has 0 aromatic rings. The zero-order valence-electron chi connectivity index (χ0n) is 11.7. The van der Waals surface area contributed by atoms with Crippen molar-refractivity contribution in [1.29, 1.82) is 0 Å². The lowest BCUT2D eigenvalue weighted by molar-refractivity contribution is -0.137. The van der Waals surface area contributed by atoms with Crippen LogP contribution in [0.5, 0.6) is 0 Å². The standard InChI is InChI=1S/C14H24N2O3/c1-15(10-8-13(17)18)14(19)16-9-4-7-12(16)11-5-2-3-6-11/h11-12H,2-10H2,1H3,(H,17,18). The summed E-state index contributed by atoms with van der Waals surface area (Å²) >= 11 is 0. The number of amides is 2. The van der Waals surface area contributed by atoms with Crippen LogP contribution in [0.1, 0.15) is 44.9 Å². The topological polar surface area (TPSA) is 60.9 Å². The Morgan fingerprint density at radius 3 is 2.53 bits per heavy atom. The summed E-state index contributed by atoms with van der Waals surface area (Å²) in [5.41, 5.74) is 0. The Kier molecular flexibility index (Phi) is 4.66. The number of carbonyl (C=O) groups is 2. The van der Waals surface area contributed by atoms with Gasteiger partial charge in [-0.05, 0) is 31.6 Å². The first-order valence-corrected chi connectivity index (χ1v) is 7.33. The van der Waals surface area contributed by atoms with E-state index in [1.54, 1.807) is 11.9 Å². The van der Waals surface area contributed by atoms with Gasteiger partial charge in [-0.3, -0.25) is 4.79 Å². The second-order valence-electron chi connectivity index (χ2n) is 5.80. The lowest BCUT2D eigenvalue weighted by Gasteiger charge is -2.32. The van der Waals surface area contributed by atoms with E-state index in [0.29, 0.717) is 18.5 Å². The summed E-state index contributed by atoms with van der Waals surface area (Å²) in [6, 6.07) is 0.401. The van der Waals surface area contributed by atoms with Gasteiger partial charge in [-0.25, -0.2) is 4.79 Å². The average Bonchev–Trinajstić information content (AvgIpc) is 3.03. The summed E-state index contributed by atoms with van der Waals surface area (Å²) in [6.07, 6.45) is 7.28. The second-order valence-corrected chi connectivity index (χ2v) is 5.80. The molecule has 0 aromatic heterocycles. The zero-order chi connectivity index (χ0) is 13.8. The van der Waals surface area contributed by atoms with Crippen molar-refractivity contribution in [2.45, 2.75) is 51.0 Å². The van der Waals surface area contributed by atoms with Gasteiger partial charge in [0.2, 0.25) is 0 Å². The zero-order valence-corrected chi connectivity index (χ0v) is 11.7. The van der Waals surface area contributed by atoms with Gasteiger partial charge in [0.1, 0.15) is 0 Å². The smallest absolute Gasteiger partial charge is 0.320 e. The third-order valence-electron chi connectivity index (χ3n) is 4.48. The summed E-state index contributed by atoms with van der Waals surface area (Å²) in [5, 5.41) is 8.68. The molecule has 2 fully saturated rings. The largest absolute Gasteiger partial charge is 0.481 e. The molecular weight excluding hydrogens is 244 g/mol. The van der Waals surface area contributed by atoms with Crippen LogP contribution < -0.4 is 0 Å². The Balaban J connectivity index is 1.91. The number of carbonyl (C=O) groups excluding carboxylic acids is 1. The van der Waals surface area contributed by atoms with E-state index in [4.69, 9.17) is 5.11 Å². The molecule has 1 saturated heterocycles. The second kappa shape index (κ2) is 6.26. The van der Waals surface area contributed by atoms with Crippen LogP contribution in [0.2, 0.25) is 0 Å². The minimum Gasteiger partial charge on any atom is -0.481 e. The van der Waals surface area contributed by atoms with Gasteiger partial charge >= 0.3 is 12.0 Å². The SMILES string of the molecule is CN(CCC(=O)O)C(=O)N1CCCC1C1CCCC1. The monoisotopic (exact) mass is 268 g/mol. The summed E-state index contributed by atoms with van der Waals surface area (Å²) in [7, 11) is 1.70. The first-order valence-electron chi connectivity index (χ1n) is 7.33. The van der Waals surface area contributed by atoms with Gasteiger partial charge in [0.15, 0.2) is 0 Å². The number of hydrogen-bond donors (Lipinski definition) is 1. The van der Waals surface area contributed by atoms with Gasteiger partial charge in [0.05, 0.1) is 6.42 Å². The van der Waals surface area contributed by atoms with Gasteiger partial charge in [-0.15, -0.1) is 0 Å². The molecule has 108 valence electrons. The maximum atomic E-state index is 12.4. The van der Waals surface area contributed by atoms with Crippen LogP contribution in [-0.2, 0) is 4.79 Å². The van der Waals surface area contributed by atoms with E-state index >= 15 is 0 Å². The van der Waals surface area contributed by atoms with E-state index < -0.39 is 5.97 Å². The van der Waals surface area contributed by atoms with E-state index in [0.717, 1.165) is 19.4 Å². The number of likely N-dealkylation sites (tertiary alicyclic amines) is 1. The minimum absolute atomic E-state index is 0.00986. The molecule has 0 radical (unpaired) electrons. The van der Waals surface area contributed by atoms with E-state index in [9.17, 15) is 9.59 Å². The highest BCUT2D eigenvalue weighted by atomic mass is 16.4. The van der Waals surface area contributed by atoms with E-state index in [1.807, 2.05) is 4.90 Å². The van der Waals surface area contributed by atoms with Crippen LogP contribution in [0, 0.1) is 5.92 Å². The van der Waals surface area contributed by atoms with Crippen molar-refractivity contribution in [2.24, 2.45) is 5.92 Å². The summed E-state index contributed by atoms with van der Waals surface area (Å²) < 4.78 is 0. The number of hydrogen-bond acceptors (Lipinski definition) is 2. The molecule has 2 amide bonds. The Hall–Kier alpha value is -1.26. The van der Waals surface area contributed by atoms with E-state index in [1.165, 1.54) is 25.7 Å². The van der Waals surface area contributed by atoms with Gasteiger partial charge in [0.25, 0.3) is 0 Å². The van der Waals surface area contributed by atoms with Crippen LogP contribution in [0.3, 0.4) is 0 Å². The molecule has 1 atom stereocenters. The molecule has 1 N–H and O–H groups in total. The van der Waals surface area contributed by atoms with Gasteiger partial charge in [-0.1, -0.05) is 12.8 Å². The van der Waals surface area contributed by atoms with Crippen molar-refractivity contribution in [2.75, 3.05) is 20.1 Å². The van der Waals surface area contributed by atoms with Crippen molar-refractivity contribution in [3.8, 4) is 0 Å². The third-order valence-corrected chi connectivity index (χ3v) is 4.48. The Morgan fingerprint density at radius 1 is 1.21 bits per heavy atom. The number of aliphatic carboxylic acids is 1. The van der Waals surface area contributed by atoms with E-state index in [2.05, 4.69) is 0 Å². The fraction of sp³-hybridized carbons (Fsp3) is 0.857. The maximum absolute atomic E-state index is 12.4. The third kappa shape index (κ3) is 3.39. The molecular formula is C14H24N2O3. The van der Waals surface area contributed by atoms with Crippen molar-refractivity contribution in [3.63, 3.8) is 0 Å². The van der Waals surface area contributed by atoms with Crippen LogP contribution in [0.25, 0.3) is 0 Å². The molecule has 2 rings (SSSR count). The summed E-state index contributed by atoms with van der Waals surface area (Å²) in [6.45, 7) is 1.12. The Bertz CT molecular complexity index is 340. The van der Waals surface area contributed by atoms with Gasteiger partial charge in [0, 0.05) is 26.2 Å². The molecule has 1 aliphatic carbocycles. The molecule has 1 saturated carbocycles. The number of urea groups is 1. The molecule has 5 nitrogen and oxygen atoms in total. The number of carboxylic acid groups (broad SMARTS) is 1. The quantitative estimate of drug-likeness (QED) is 0.850. The molecule has 19 heavy (non-hydrogen) atoms. The molecule has 1 heterocycles. The minimum atomic E-state index is -0.853. The molecule has 1 aliphatic heterocycles. The summed E-state index contributed by atoms with van der Waals surface area (Å²) in [4.78, 5) is 26.5. The van der Waals surface area contributed by atoms with Crippen molar-refractivity contribution in [1.82, 2.24) is 9.80 Å². The molecule has 2 aliphatic rings. The highest BCUT2D eigenvalue weighted by Crippen LogP contribution is 2.35. The van der Waals surface area contributed by atoms with Crippen LogP contribution in [-0.4, -0.2) is 53.1 Å². The number of rotatable bonds is 4. The van der Waals surface area contributed by atoms with E-state index in [-0.39, 0.29) is 12.5 Å². The normalized spacial score (nSPS) is 23.8. The number of nitrogens with zero attached hydrogens (tertiary/aromatic N) is 2. The fourth-order valence-electron chi connectivity index (χ4n) is 3.44. The molecule has 1 unspecified atom stereocenters. The van der Waals surface area contributed by atoms with Crippen LogP contribution >= 0.6 is 0 Å². The van der Waals surface area contributed by atoms with Gasteiger partial charge < -0.3 is 14.9 Å². The highest BCUT2D eigenvalue weighted by molar-refractivity contribution is 5.75. The van der Waals surface area contributed by atoms with Crippen LogP contribution in [0.4, 0.5) is 4.79 Å². The lowest BCUT2D eigenvalue weighted by Crippen LogP contribution is -2.46. The molecule has 0 spiro atoms. The van der Waals surface area contributed by atoms with Crippen LogP contribution in [0.15, 0.2) is 0 Å². The van der Waals surface area contributed by atoms with Crippen molar-refractivity contribution >= 4 is 12.0 Å². The average molecular weight is 268 g/mol. The van der Waals surface area contributed by atoms with Gasteiger partial charge in [-0.2, -0.15) is 0 Å². The predicted octanol–water partition coefficient (Wildman–Crippen LogP) is 2.17. The molecule has 5 heteroatoms. The lowest BCUT2D eigenvalue weighted by atomic mass is 9.96. The predicted molar refractivity (Wildman–Crippen MR) is 72.0 cm³/mol. The van der Waals surface area contributed by atoms with Crippen molar-refractivity contribution < 1.29 is 14.7 Å². The Morgan fingerprint density at radius 2 is 1.89 bits per heavy atom. The number of carboxylic acids is 1. The summed E-state index contributed by atoms with van der Waals surface area (Å²) in [5.74, 6) is -0.187. The first-order chi connectivity index (χ1) is 9.09. The molecule has 0 bridgehead atoms.